The zero-order valence-electron chi connectivity index (χ0n) is 11.0. The van der Waals surface area contributed by atoms with Gasteiger partial charge in [0.1, 0.15) is 12.3 Å². The van der Waals surface area contributed by atoms with Crippen molar-refractivity contribution in [2.45, 2.75) is 25.8 Å². The van der Waals surface area contributed by atoms with E-state index in [4.69, 9.17) is 9.84 Å². The molecule has 1 saturated heterocycles. The topological polar surface area (TPSA) is 66.8 Å². The summed E-state index contributed by atoms with van der Waals surface area (Å²) < 4.78 is 5.26. The Hall–Kier alpha value is -2.04. The number of methoxy groups -OCH3 is 1. The summed E-state index contributed by atoms with van der Waals surface area (Å²) in [5, 5.41) is 8.80. The van der Waals surface area contributed by atoms with Crippen molar-refractivity contribution in [3.8, 4) is 5.75 Å². The molecule has 0 spiro atoms. The van der Waals surface area contributed by atoms with Crippen LogP contribution in [0, 0.1) is 0 Å². The van der Waals surface area contributed by atoms with Crippen LogP contribution in [-0.2, 0) is 16.0 Å². The summed E-state index contributed by atoms with van der Waals surface area (Å²) in [4.78, 5) is 23.6. The summed E-state index contributed by atoms with van der Waals surface area (Å²) in [5.41, 5.74) is 2.04. The molecule has 1 aromatic carbocycles. The van der Waals surface area contributed by atoms with Gasteiger partial charge in [0, 0.05) is 0 Å². The second kappa shape index (κ2) is 5.30. The molecule has 19 heavy (non-hydrogen) atoms. The molecule has 0 saturated carbocycles. The van der Waals surface area contributed by atoms with Gasteiger partial charge in [-0.1, -0.05) is 19.1 Å². The maximum atomic E-state index is 11.5. The van der Waals surface area contributed by atoms with Crippen molar-refractivity contribution in [2.75, 3.05) is 13.7 Å². The van der Waals surface area contributed by atoms with E-state index in [0.29, 0.717) is 6.42 Å². The second-order valence-corrected chi connectivity index (χ2v) is 4.56. The summed E-state index contributed by atoms with van der Waals surface area (Å²) in [7, 11) is 1.62. The van der Waals surface area contributed by atoms with E-state index in [0.717, 1.165) is 23.3 Å². The van der Waals surface area contributed by atoms with Gasteiger partial charge in [0.2, 0.25) is 5.91 Å². The Labute approximate surface area is 111 Å². The Morgan fingerprint density at radius 3 is 2.79 bits per heavy atom. The highest BCUT2D eigenvalue weighted by Gasteiger charge is 2.38. The van der Waals surface area contributed by atoms with Crippen LogP contribution in [0.5, 0.6) is 5.75 Å². The minimum absolute atomic E-state index is 0.110. The SMILES string of the molecule is CCc1cc(C2CC(=O)N2CC(=O)O)ccc1OC. The van der Waals surface area contributed by atoms with Gasteiger partial charge in [-0.2, -0.15) is 0 Å². The van der Waals surface area contributed by atoms with Crippen LogP contribution in [0.4, 0.5) is 0 Å². The number of aryl methyl sites for hydroxylation is 1. The molecule has 2 rings (SSSR count). The second-order valence-electron chi connectivity index (χ2n) is 4.56. The number of carbonyl (C=O) groups excluding carboxylic acids is 1. The van der Waals surface area contributed by atoms with Crippen molar-refractivity contribution in [1.82, 2.24) is 4.90 Å². The highest BCUT2D eigenvalue weighted by atomic mass is 16.5. The van der Waals surface area contributed by atoms with Crippen LogP contribution in [0.1, 0.15) is 30.5 Å². The van der Waals surface area contributed by atoms with Crippen LogP contribution in [0.2, 0.25) is 0 Å². The van der Waals surface area contributed by atoms with Crippen molar-refractivity contribution in [3.05, 3.63) is 29.3 Å². The summed E-state index contributed by atoms with van der Waals surface area (Å²) in [5.74, 6) is -0.273. The molecular formula is C14H17NO4. The minimum Gasteiger partial charge on any atom is -0.496 e. The van der Waals surface area contributed by atoms with Gasteiger partial charge in [0.05, 0.1) is 19.6 Å². The van der Waals surface area contributed by atoms with Gasteiger partial charge in [-0.15, -0.1) is 0 Å². The van der Waals surface area contributed by atoms with Crippen LogP contribution in [0.25, 0.3) is 0 Å². The molecule has 0 aromatic heterocycles. The Morgan fingerprint density at radius 1 is 1.53 bits per heavy atom. The fraction of sp³-hybridized carbons (Fsp3) is 0.429. The molecule has 1 aromatic rings. The number of rotatable bonds is 5. The number of hydrogen-bond donors (Lipinski definition) is 1. The lowest BCUT2D eigenvalue weighted by Gasteiger charge is -2.39. The van der Waals surface area contributed by atoms with Gasteiger partial charge in [-0.25, -0.2) is 0 Å². The number of likely N-dealkylation sites (tertiary alicyclic amines) is 1. The highest BCUT2D eigenvalue weighted by molar-refractivity contribution is 5.87. The molecule has 0 bridgehead atoms. The first kappa shape index (κ1) is 13.4. The molecule has 5 nitrogen and oxygen atoms in total. The molecular weight excluding hydrogens is 246 g/mol. The number of benzene rings is 1. The number of carboxylic acid groups (broad SMARTS) is 1. The first-order chi connectivity index (χ1) is 9.06. The van der Waals surface area contributed by atoms with Crippen molar-refractivity contribution >= 4 is 11.9 Å². The molecule has 102 valence electrons. The largest absolute Gasteiger partial charge is 0.496 e. The third kappa shape index (κ3) is 2.54. The first-order valence-corrected chi connectivity index (χ1v) is 6.24. The molecule has 1 heterocycles. The van der Waals surface area contributed by atoms with Gasteiger partial charge in [0.15, 0.2) is 0 Å². The molecule has 0 aliphatic carbocycles. The summed E-state index contributed by atoms with van der Waals surface area (Å²) in [6.45, 7) is 1.79. The van der Waals surface area contributed by atoms with Crippen LogP contribution in [-0.4, -0.2) is 35.5 Å². The van der Waals surface area contributed by atoms with E-state index in [2.05, 4.69) is 0 Å². The Balaban J connectivity index is 2.22. The number of carbonyl (C=O) groups is 2. The molecule has 1 aliphatic heterocycles. The van der Waals surface area contributed by atoms with E-state index >= 15 is 0 Å². The molecule has 1 N–H and O–H groups in total. The van der Waals surface area contributed by atoms with Gasteiger partial charge < -0.3 is 14.7 Å². The number of amides is 1. The van der Waals surface area contributed by atoms with E-state index < -0.39 is 5.97 Å². The monoisotopic (exact) mass is 263 g/mol. The van der Waals surface area contributed by atoms with Crippen molar-refractivity contribution < 1.29 is 19.4 Å². The lowest BCUT2D eigenvalue weighted by atomic mass is 9.92. The maximum absolute atomic E-state index is 11.5. The number of carboxylic acids is 1. The molecule has 1 unspecified atom stereocenters. The van der Waals surface area contributed by atoms with E-state index in [1.54, 1.807) is 7.11 Å². The van der Waals surface area contributed by atoms with E-state index in [-0.39, 0.29) is 18.5 Å². The lowest BCUT2D eigenvalue weighted by Crippen LogP contribution is -2.48. The molecule has 5 heteroatoms. The maximum Gasteiger partial charge on any atom is 0.323 e. The van der Waals surface area contributed by atoms with Crippen molar-refractivity contribution in [1.29, 1.82) is 0 Å². The number of ether oxygens (including phenoxy) is 1. The standard InChI is InChI=1S/C14H17NO4/c1-3-9-6-10(4-5-12(9)19-2)11-7-13(16)15(11)8-14(17)18/h4-6,11H,3,7-8H2,1-2H3,(H,17,18). The third-order valence-electron chi connectivity index (χ3n) is 3.44. The summed E-state index contributed by atoms with van der Waals surface area (Å²) >= 11 is 0. The number of nitrogens with zero attached hydrogens (tertiary/aromatic N) is 1. The Bertz CT molecular complexity index is 512. The number of hydrogen-bond acceptors (Lipinski definition) is 3. The zero-order valence-corrected chi connectivity index (χ0v) is 11.0. The highest BCUT2D eigenvalue weighted by Crippen LogP contribution is 2.36. The Kier molecular flexibility index (Phi) is 3.74. The van der Waals surface area contributed by atoms with Gasteiger partial charge in [-0.05, 0) is 23.6 Å². The number of aliphatic carboxylic acids is 1. The van der Waals surface area contributed by atoms with Gasteiger partial charge in [0.25, 0.3) is 0 Å². The average molecular weight is 263 g/mol. The average Bonchev–Trinajstić information content (AvgIpc) is 2.41. The quantitative estimate of drug-likeness (QED) is 0.820. The molecule has 0 radical (unpaired) electrons. The molecule has 1 fully saturated rings. The normalized spacial score (nSPS) is 18.1. The molecule has 1 atom stereocenters. The smallest absolute Gasteiger partial charge is 0.323 e. The van der Waals surface area contributed by atoms with Crippen LogP contribution < -0.4 is 4.74 Å². The van der Waals surface area contributed by atoms with E-state index in [1.165, 1.54) is 4.90 Å². The molecule has 1 amide bonds. The third-order valence-corrected chi connectivity index (χ3v) is 3.44. The van der Waals surface area contributed by atoms with Gasteiger partial charge >= 0.3 is 5.97 Å². The van der Waals surface area contributed by atoms with E-state index in [1.807, 2.05) is 25.1 Å². The van der Waals surface area contributed by atoms with Crippen molar-refractivity contribution in [2.24, 2.45) is 0 Å². The fourth-order valence-electron chi connectivity index (χ4n) is 2.38. The number of β-lactam (4-membered cyclic amide) rings is 1. The van der Waals surface area contributed by atoms with Gasteiger partial charge in [-0.3, -0.25) is 9.59 Å². The van der Waals surface area contributed by atoms with Crippen molar-refractivity contribution in [3.63, 3.8) is 0 Å². The molecule has 1 aliphatic rings. The fourth-order valence-corrected chi connectivity index (χ4v) is 2.38. The predicted molar refractivity (Wildman–Crippen MR) is 69.1 cm³/mol. The lowest BCUT2D eigenvalue weighted by molar-refractivity contribution is -0.155. The van der Waals surface area contributed by atoms with Crippen LogP contribution in [0.15, 0.2) is 18.2 Å². The van der Waals surface area contributed by atoms with Crippen LogP contribution in [0.3, 0.4) is 0 Å². The zero-order chi connectivity index (χ0) is 14.0. The predicted octanol–water partition coefficient (Wildman–Crippen LogP) is 1.62. The Morgan fingerprint density at radius 2 is 2.26 bits per heavy atom. The minimum atomic E-state index is -0.984. The summed E-state index contributed by atoms with van der Waals surface area (Å²) in [6, 6.07) is 5.63. The van der Waals surface area contributed by atoms with Crippen LogP contribution >= 0.6 is 0 Å². The summed E-state index contributed by atoms with van der Waals surface area (Å²) in [6.07, 6.45) is 1.21. The van der Waals surface area contributed by atoms with E-state index in [9.17, 15) is 9.59 Å². The first-order valence-electron chi connectivity index (χ1n) is 6.24.